The predicted octanol–water partition coefficient (Wildman–Crippen LogP) is 0.876. The summed E-state index contributed by atoms with van der Waals surface area (Å²) in [6.07, 6.45) is -1.05. The zero-order valence-electron chi connectivity index (χ0n) is 9.05. The van der Waals surface area contributed by atoms with Crippen LogP contribution >= 0.6 is 0 Å². The number of hydrogen-bond donors (Lipinski definition) is 2. The van der Waals surface area contributed by atoms with Crippen molar-refractivity contribution in [2.24, 2.45) is 5.73 Å². The van der Waals surface area contributed by atoms with Crippen LogP contribution < -0.4 is 15.2 Å². The molecule has 88 valence electrons. The SMILES string of the molecule is CCOc1ccccc1OC(CN)C(=O)O. The lowest BCUT2D eigenvalue weighted by Gasteiger charge is -2.15. The monoisotopic (exact) mass is 225 g/mol. The molecule has 1 atom stereocenters. The van der Waals surface area contributed by atoms with Crippen molar-refractivity contribution in [3.05, 3.63) is 24.3 Å². The van der Waals surface area contributed by atoms with E-state index in [1.165, 1.54) is 0 Å². The zero-order chi connectivity index (χ0) is 12.0. The Hall–Kier alpha value is -1.75. The van der Waals surface area contributed by atoms with Crippen LogP contribution in [0, 0.1) is 0 Å². The van der Waals surface area contributed by atoms with E-state index in [9.17, 15) is 4.79 Å². The van der Waals surface area contributed by atoms with E-state index in [0.717, 1.165) is 0 Å². The summed E-state index contributed by atoms with van der Waals surface area (Å²) in [5, 5.41) is 8.81. The molecule has 0 spiro atoms. The third-order valence-electron chi connectivity index (χ3n) is 1.91. The number of carboxylic acid groups (broad SMARTS) is 1. The molecule has 0 aromatic heterocycles. The van der Waals surface area contributed by atoms with Gasteiger partial charge in [0.25, 0.3) is 0 Å². The lowest BCUT2D eigenvalue weighted by molar-refractivity contribution is -0.144. The Morgan fingerprint density at radius 1 is 1.44 bits per heavy atom. The van der Waals surface area contributed by atoms with E-state index in [4.69, 9.17) is 20.3 Å². The molecular formula is C11H15NO4. The maximum absolute atomic E-state index is 10.8. The van der Waals surface area contributed by atoms with Crippen molar-refractivity contribution < 1.29 is 19.4 Å². The average Bonchev–Trinajstić information content (AvgIpc) is 2.27. The topological polar surface area (TPSA) is 81.8 Å². The first-order valence-corrected chi connectivity index (χ1v) is 5.00. The van der Waals surface area contributed by atoms with Gasteiger partial charge in [-0.15, -0.1) is 0 Å². The Morgan fingerprint density at radius 3 is 2.56 bits per heavy atom. The fourth-order valence-corrected chi connectivity index (χ4v) is 1.17. The molecule has 1 aromatic carbocycles. The second-order valence-electron chi connectivity index (χ2n) is 3.06. The fourth-order valence-electron chi connectivity index (χ4n) is 1.17. The minimum atomic E-state index is -1.09. The van der Waals surface area contributed by atoms with Crippen LogP contribution in [0.15, 0.2) is 24.3 Å². The van der Waals surface area contributed by atoms with Gasteiger partial charge in [-0.25, -0.2) is 4.79 Å². The highest BCUT2D eigenvalue weighted by molar-refractivity contribution is 5.73. The summed E-state index contributed by atoms with van der Waals surface area (Å²) in [4.78, 5) is 10.8. The van der Waals surface area contributed by atoms with Gasteiger partial charge < -0.3 is 20.3 Å². The number of carbonyl (C=O) groups is 1. The highest BCUT2D eigenvalue weighted by Crippen LogP contribution is 2.27. The molecule has 0 aliphatic rings. The minimum absolute atomic E-state index is 0.0875. The predicted molar refractivity (Wildman–Crippen MR) is 58.7 cm³/mol. The first-order chi connectivity index (χ1) is 7.69. The van der Waals surface area contributed by atoms with E-state index in [1.54, 1.807) is 24.3 Å². The summed E-state index contributed by atoms with van der Waals surface area (Å²) in [6.45, 7) is 2.24. The lowest BCUT2D eigenvalue weighted by Crippen LogP contribution is -2.34. The maximum atomic E-state index is 10.8. The van der Waals surface area contributed by atoms with E-state index in [-0.39, 0.29) is 6.54 Å². The fraction of sp³-hybridized carbons (Fsp3) is 0.364. The smallest absolute Gasteiger partial charge is 0.346 e. The van der Waals surface area contributed by atoms with Gasteiger partial charge in [-0.3, -0.25) is 0 Å². The highest BCUT2D eigenvalue weighted by Gasteiger charge is 2.18. The van der Waals surface area contributed by atoms with Crippen LogP contribution in [0.4, 0.5) is 0 Å². The number of benzene rings is 1. The number of ether oxygens (including phenoxy) is 2. The number of carboxylic acids is 1. The number of rotatable bonds is 6. The molecule has 1 unspecified atom stereocenters. The van der Waals surface area contributed by atoms with Crippen LogP contribution in [-0.2, 0) is 4.79 Å². The molecule has 1 rings (SSSR count). The lowest BCUT2D eigenvalue weighted by atomic mass is 10.3. The molecule has 0 aliphatic carbocycles. The maximum Gasteiger partial charge on any atom is 0.346 e. The second-order valence-corrected chi connectivity index (χ2v) is 3.06. The summed E-state index contributed by atoms with van der Waals surface area (Å²) in [5.74, 6) is -0.180. The van der Waals surface area contributed by atoms with Gasteiger partial charge in [0.2, 0.25) is 6.10 Å². The molecule has 0 fully saturated rings. The Labute approximate surface area is 93.8 Å². The summed E-state index contributed by atoms with van der Waals surface area (Å²) in [7, 11) is 0. The Morgan fingerprint density at radius 2 is 2.06 bits per heavy atom. The quantitative estimate of drug-likeness (QED) is 0.750. The van der Waals surface area contributed by atoms with Crippen LogP contribution in [0.1, 0.15) is 6.92 Å². The van der Waals surface area contributed by atoms with Crippen molar-refractivity contribution in [3.8, 4) is 11.5 Å². The number of para-hydroxylation sites is 2. The molecule has 16 heavy (non-hydrogen) atoms. The molecule has 5 heteroatoms. The standard InChI is InChI=1S/C11H15NO4/c1-2-15-8-5-3-4-6-9(8)16-10(7-12)11(13)14/h3-6,10H,2,7,12H2,1H3,(H,13,14). The number of hydrogen-bond acceptors (Lipinski definition) is 4. The molecule has 0 saturated carbocycles. The highest BCUT2D eigenvalue weighted by atomic mass is 16.5. The van der Waals surface area contributed by atoms with Crippen LogP contribution in [0.5, 0.6) is 11.5 Å². The van der Waals surface area contributed by atoms with E-state index >= 15 is 0 Å². The summed E-state index contributed by atoms with van der Waals surface area (Å²) < 4.78 is 10.6. The molecular weight excluding hydrogens is 210 g/mol. The van der Waals surface area contributed by atoms with E-state index in [2.05, 4.69) is 0 Å². The molecule has 0 amide bonds. The van der Waals surface area contributed by atoms with Crippen LogP contribution in [0.25, 0.3) is 0 Å². The van der Waals surface area contributed by atoms with Gasteiger partial charge in [-0.05, 0) is 19.1 Å². The normalized spacial score (nSPS) is 11.9. The average molecular weight is 225 g/mol. The van der Waals surface area contributed by atoms with Crippen molar-refractivity contribution >= 4 is 5.97 Å². The minimum Gasteiger partial charge on any atom is -0.490 e. The van der Waals surface area contributed by atoms with Crippen LogP contribution in [-0.4, -0.2) is 30.3 Å². The number of nitrogens with two attached hydrogens (primary N) is 1. The third-order valence-corrected chi connectivity index (χ3v) is 1.91. The van der Waals surface area contributed by atoms with Crippen molar-refractivity contribution in [1.82, 2.24) is 0 Å². The first-order valence-electron chi connectivity index (χ1n) is 5.00. The van der Waals surface area contributed by atoms with Gasteiger partial charge in [-0.2, -0.15) is 0 Å². The van der Waals surface area contributed by atoms with Crippen molar-refractivity contribution in [3.63, 3.8) is 0 Å². The molecule has 0 saturated heterocycles. The van der Waals surface area contributed by atoms with E-state index in [1.807, 2.05) is 6.92 Å². The molecule has 3 N–H and O–H groups in total. The summed E-state index contributed by atoms with van der Waals surface area (Å²) in [6, 6.07) is 6.90. The van der Waals surface area contributed by atoms with Crippen molar-refractivity contribution in [1.29, 1.82) is 0 Å². The molecule has 1 aromatic rings. The van der Waals surface area contributed by atoms with Gasteiger partial charge in [0.1, 0.15) is 0 Å². The zero-order valence-corrected chi connectivity index (χ0v) is 9.05. The summed E-state index contributed by atoms with van der Waals surface area (Å²) in [5.41, 5.74) is 5.30. The van der Waals surface area contributed by atoms with Crippen LogP contribution in [0.3, 0.4) is 0 Å². The Balaban J connectivity index is 2.82. The van der Waals surface area contributed by atoms with Gasteiger partial charge in [0, 0.05) is 6.54 Å². The van der Waals surface area contributed by atoms with Crippen LogP contribution in [0.2, 0.25) is 0 Å². The molecule has 0 aliphatic heterocycles. The van der Waals surface area contributed by atoms with E-state index < -0.39 is 12.1 Å². The Bertz CT molecular complexity index is 354. The van der Waals surface area contributed by atoms with Gasteiger partial charge >= 0.3 is 5.97 Å². The van der Waals surface area contributed by atoms with Crippen molar-refractivity contribution in [2.75, 3.05) is 13.2 Å². The largest absolute Gasteiger partial charge is 0.490 e. The molecule has 0 bridgehead atoms. The molecule has 0 radical (unpaired) electrons. The van der Waals surface area contributed by atoms with Gasteiger partial charge in [-0.1, -0.05) is 12.1 Å². The van der Waals surface area contributed by atoms with Gasteiger partial charge in [0.05, 0.1) is 6.61 Å². The molecule has 5 nitrogen and oxygen atoms in total. The van der Waals surface area contributed by atoms with Crippen molar-refractivity contribution in [2.45, 2.75) is 13.0 Å². The first kappa shape index (κ1) is 12.3. The number of aliphatic carboxylic acids is 1. The molecule has 0 heterocycles. The Kier molecular flexibility index (Phi) is 4.60. The van der Waals surface area contributed by atoms with Gasteiger partial charge in [0.15, 0.2) is 11.5 Å². The third kappa shape index (κ3) is 3.13. The van der Waals surface area contributed by atoms with E-state index in [0.29, 0.717) is 18.1 Å². The second kappa shape index (κ2) is 5.97. The summed E-state index contributed by atoms with van der Waals surface area (Å²) >= 11 is 0.